The van der Waals surface area contributed by atoms with E-state index in [0.29, 0.717) is 10.7 Å². The van der Waals surface area contributed by atoms with Crippen LogP contribution >= 0.6 is 15.9 Å². The van der Waals surface area contributed by atoms with E-state index in [2.05, 4.69) is 25.9 Å². The van der Waals surface area contributed by atoms with Crippen molar-refractivity contribution in [3.8, 4) is 0 Å². The Bertz CT molecular complexity index is 536. The number of anilines is 1. The molecule has 17 heavy (non-hydrogen) atoms. The van der Waals surface area contributed by atoms with Gasteiger partial charge in [0.1, 0.15) is 0 Å². The maximum Gasteiger partial charge on any atom is 0.234 e. The normalized spacial score (nSPS) is 25.2. The highest BCUT2D eigenvalue weighted by atomic mass is 79.9. The molecule has 3 rings (SSSR count). The summed E-state index contributed by atoms with van der Waals surface area (Å²) in [5.74, 6) is 1.21. The van der Waals surface area contributed by atoms with Crippen LogP contribution in [0.1, 0.15) is 37.3 Å². The number of fused-ring (bicyclic) bond motifs is 1. The molecule has 1 saturated carbocycles. The lowest BCUT2D eigenvalue weighted by atomic mass is 9.86. The van der Waals surface area contributed by atoms with E-state index in [0.717, 1.165) is 23.6 Å². The second kappa shape index (κ2) is 4.29. The van der Waals surface area contributed by atoms with E-state index < -0.39 is 0 Å². The molecule has 1 aliphatic carbocycles. The minimum atomic E-state index is 0.467. The van der Waals surface area contributed by atoms with Gasteiger partial charge in [0.15, 0.2) is 0 Å². The first-order valence-corrected chi connectivity index (χ1v) is 6.89. The smallest absolute Gasteiger partial charge is 0.234 e. The van der Waals surface area contributed by atoms with Crippen molar-refractivity contribution < 1.29 is 0 Å². The molecule has 0 aliphatic heterocycles. The lowest BCUT2D eigenvalue weighted by molar-refractivity contribution is 0.452. The molecule has 0 bridgehead atoms. The summed E-state index contributed by atoms with van der Waals surface area (Å²) in [5.41, 5.74) is 7.90. The molecule has 0 spiro atoms. The van der Waals surface area contributed by atoms with Gasteiger partial charge in [-0.25, -0.2) is 9.97 Å². The molecular formula is C12H15BrN4. The number of alkyl halides is 1. The number of imidazole rings is 1. The van der Waals surface area contributed by atoms with E-state index in [1.54, 1.807) is 6.20 Å². The predicted octanol–water partition coefficient (Wildman–Crippen LogP) is 2.73. The van der Waals surface area contributed by atoms with Crippen molar-refractivity contribution in [3.63, 3.8) is 0 Å². The van der Waals surface area contributed by atoms with Crippen LogP contribution in [0.3, 0.4) is 0 Å². The third-order valence-electron chi connectivity index (χ3n) is 3.44. The third kappa shape index (κ3) is 2.04. The summed E-state index contributed by atoms with van der Waals surface area (Å²) in [6.07, 6.45) is 10.3. The molecule has 1 fully saturated rings. The number of nitrogens with two attached hydrogens (primary N) is 1. The van der Waals surface area contributed by atoms with Crippen LogP contribution in [0.15, 0.2) is 18.6 Å². The van der Waals surface area contributed by atoms with Crippen LogP contribution in [0.5, 0.6) is 0 Å². The van der Waals surface area contributed by atoms with Crippen LogP contribution in [0.25, 0.3) is 5.78 Å². The zero-order chi connectivity index (χ0) is 11.8. The van der Waals surface area contributed by atoms with Gasteiger partial charge in [-0.15, -0.1) is 0 Å². The van der Waals surface area contributed by atoms with Crippen molar-refractivity contribution in [2.24, 2.45) is 0 Å². The minimum absolute atomic E-state index is 0.467. The third-order valence-corrected chi connectivity index (χ3v) is 4.27. The van der Waals surface area contributed by atoms with E-state index in [1.165, 1.54) is 19.3 Å². The Morgan fingerprint density at radius 3 is 3.12 bits per heavy atom. The monoisotopic (exact) mass is 294 g/mol. The van der Waals surface area contributed by atoms with Crippen LogP contribution in [0, 0.1) is 0 Å². The molecule has 2 aromatic heterocycles. The zero-order valence-electron chi connectivity index (χ0n) is 9.51. The molecular weight excluding hydrogens is 280 g/mol. The van der Waals surface area contributed by atoms with Crippen molar-refractivity contribution in [2.45, 2.75) is 36.4 Å². The summed E-state index contributed by atoms with van der Waals surface area (Å²) in [6, 6.07) is 0. The summed E-state index contributed by atoms with van der Waals surface area (Å²) in [4.78, 5) is 9.41. The van der Waals surface area contributed by atoms with Crippen molar-refractivity contribution in [3.05, 3.63) is 24.3 Å². The Morgan fingerprint density at radius 1 is 1.41 bits per heavy atom. The second-order valence-corrected chi connectivity index (χ2v) is 5.97. The van der Waals surface area contributed by atoms with Gasteiger partial charge in [0.2, 0.25) is 5.78 Å². The van der Waals surface area contributed by atoms with Gasteiger partial charge in [0.25, 0.3) is 0 Å². The number of hydrogen-bond donors (Lipinski definition) is 1. The van der Waals surface area contributed by atoms with E-state index in [4.69, 9.17) is 5.73 Å². The Hall–Kier alpha value is -1.10. The zero-order valence-corrected chi connectivity index (χ0v) is 11.1. The summed E-state index contributed by atoms with van der Waals surface area (Å²) in [5, 5.41) is 0. The molecule has 0 radical (unpaired) electrons. The molecule has 2 aromatic rings. The van der Waals surface area contributed by atoms with E-state index in [9.17, 15) is 0 Å². The highest BCUT2D eigenvalue weighted by Crippen LogP contribution is 2.37. The topological polar surface area (TPSA) is 56.2 Å². The highest BCUT2D eigenvalue weighted by Gasteiger charge is 2.24. The van der Waals surface area contributed by atoms with Crippen LogP contribution in [-0.4, -0.2) is 19.2 Å². The standard InChI is InChI=1S/C12H15BrN4/c13-9-3-1-2-8(6-9)11-10(14)7-17-5-4-15-12(17)16-11/h4-5,7-9H,1-3,6,14H2. The molecule has 2 atom stereocenters. The number of aromatic nitrogens is 3. The van der Waals surface area contributed by atoms with Crippen LogP contribution < -0.4 is 5.73 Å². The number of halogens is 1. The van der Waals surface area contributed by atoms with Gasteiger partial charge in [-0.2, -0.15) is 0 Å². The van der Waals surface area contributed by atoms with Crippen molar-refractivity contribution in [2.75, 3.05) is 5.73 Å². The SMILES string of the molecule is Nc1cn2ccnc2nc1C1CCCC(Br)C1. The Kier molecular flexibility index (Phi) is 2.78. The molecule has 4 nitrogen and oxygen atoms in total. The second-order valence-electron chi connectivity index (χ2n) is 4.68. The quantitative estimate of drug-likeness (QED) is 0.823. The Balaban J connectivity index is 2.00. The average Bonchev–Trinajstić information content (AvgIpc) is 2.75. The maximum absolute atomic E-state index is 6.10. The molecule has 5 heteroatoms. The van der Waals surface area contributed by atoms with E-state index >= 15 is 0 Å². The van der Waals surface area contributed by atoms with Crippen LogP contribution in [-0.2, 0) is 0 Å². The fourth-order valence-corrected chi connectivity index (χ4v) is 3.36. The first-order chi connectivity index (χ1) is 8.24. The molecule has 2 heterocycles. The fraction of sp³-hybridized carbons (Fsp3) is 0.500. The van der Waals surface area contributed by atoms with Crippen molar-refractivity contribution in [1.82, 2.24) is 14.4 Å². The Labute approximate surface area is 108 Å². The number of nitrogens with zero attached hydrogens (tertiary/aromatic N) is 3. The summed E-state index contributed by atoms with van der Waals surface area (Å²) in [7, 11) is 0. The van der Waals surface area contributed by atoms with Crippen LogP contribution in [0.2, 0.25) is 0 Å². The number of hydrogen-bond acceptors (Lipinski definition) is 3. The van der Waals surface area contributed by atoms with Gasteiger partial charge in [-0.1, -0.05) is 22.4 Å². The molecule has 2 unspecified atom stereocenters. The lowest BCUT2D eigenvalue weighted by Crippen LogP contribution is -2.16. The summed E-state index contributed by atoms with van der Waals surface area (Å²) < 4.78 is 1.87. The van der Waals surface area contributed by atoms with Gasteiger partial charge >= 0.3 is 0 Å². The van der Waals surface area contributed by atoms with Gasteiger partial charge in [-0.3, -0.25) is 4.40 Å². The van der Waals surface area contributed by atoms with Gasteiger partial charge in [0, 0.05) is 29.3 Å². The average molecular weight is 295 g/mol. The molecule has 2 N–H and O–H groups in total. The predicted molar refractivity (Wildman–Crippen MR) is 71.3 cm³/mol. The van der Waals surface area contributed by atoms with Crippen molar-refractivity contribution >= 4 is 27.4 Å². The molecule has 90 valence electrons. The maximum atomic E-state index is 6.10. The van der Waals surface area contributed by atoms with Gasteiger partial charge < -0.3 is 5.73 Å². The minimum Gasteiger partial charge on any atom is -0.396 e. The molecule has 0 amide bonds. The highest BCUT2D eigenvalue weighted by molar-refractivity contribution is 9.09. The van der Waals surface area contributed by atoms with E-state index in [-0.39, 0.29) is 0 Å². The molecule has 1 aliphatic rings. The van der Waals surface area contributed by atoms with E-state index in [1.807, 2.05) is 16.8 Å². The first kappa shape index (κ1) is 11.0. The molecule has 0 aromatic carbocycles. The molecule has 0 saturated heterocycles. The summed E-state index contributed by atoms with van der Waals surface area (Å²) in [6.45, 7) is 0. The fourth-order valence-electron chi connectivity index (χ4n) is 2.59. The van der Waals surface area contributed by atoms with Gasteiger partial charge in [0.05, 0.1) is 11.4 Å². The lowest BCUT2D eigenvalue weighted by Gasteiger charge is -2.25. The van der Waals surface area contributed by atoms with Crippen molar-refractivity contribution in [1.29, 1.82) is 0 Å². The Morgan fingerprint density at radius 2 is 2.29 bits per heavy atom. The number of rotatable bonds is 1. The summed E-state index contributed by atoms with van der Waals surface area (Å²) >= 11 is 3.70. The van der Waals surface area contributed by atoms with Crippen LogP contribution in [0.4, 0.5) is 5.69 Å². The first-order valence-electron chi connectivity index (χ1n) is 5.97. The van der Waals surface area contributed by atoms with Gasteiger partial charge in [-0.05, 0) is 19.3 Å². The number of nitrogen functional groups attached to an aromatic ring is 1. The largest absolute Gasteiger partial charge is 0.396 e.